The molecule has 1 aliphatic heterocycles. The third-order valence-corrected chi connectivity index (χ3v) is 6.31. The lowest BCUT2D eigenvalue weighted by atomic mass is 9.78. The Kier molecular flexibility index (Phi) is 6.44. The second-order valence-electron chi connectivity index (χ2n) is 9.14. The van der Waals surface area contributed by atoms with Crippen LogP contribution in [-0.2, 0) is 21.4 Å². The van der Waals surface area contributed by atoms with Crippen molar-refractivity contribution < 1.29 is 62.5 Å². The third kappa shape index (κ3) is 4.25. The van der Waals surface area contributed by atoms with Crippen molar-refractivity contribution in [3.8, 4) is 0 Å². The van der Waals surface area contributed by atoms with E-state index in [9.17, 15) is 57.8 Å². The molecular weight excluding hydrogens is 520 g/mol. The molecule has 0 atom stereocenters. The lowest BCUT2D eigenvalue weighted by molar-refractivity contribution is -0.403. The molecule has 0 spiro atoms. The topological polar surface area (TPSA) is 29.5 Å². The predicted molar refractivity (Wildman–Crippen MR) is 96.0 cm³/mol. The van der Waals surface area contributed by atoms with Gasteiger partial charge in [-0.2, -0.15) is 52.7 Å². The SMILES string of the molecule is CC1(C)OC(C(F)(F)F)(C(F)(F)F)c2cc(C(C)(C)C)cc(C(O)(C(F)(F)F)C(F)(F)F)c2S1. The van der Waals surface area contributed by atoms with Gasteiger partial charge >= 0.3 is 24.7 Å². The summed E-state index contributed by atoms with van der Waals surface area (Å²) >= 11 is -0.228. The van der Waals surface area contributed by atoms with Gasteiger partial charge in [-0.1, -0.05) is 44.7 Å². The summed E-state index contributed by atoms with van der Waals surface area (Å²) in [5, 5.41) is 9.98. The van der Waals surface area contributed by atoms with Crippen LogP contribution in [0.4, 0.5) is 52.7 Å². The molecule has 0 aromatic heterocycles. The van der Waals surface area contributed by atoms with Crippen LogP contribution < -0.4 is 0 Å². The normalized spacial score (nSPS) is 19.7. The van der Waals surface area contributed by atoms with Crippen LogP contribution in [0.5, 0.6) is 0 Å². The zero-order valence-corrected chi connectivity index (χ0v) is 18.8. The molecule has 0 unspecified atom stereocenters. The molecule has 0 saturated carbocycles. The van der Waals surface area contributed by atoms with Gasteiger partial charge < -0.3 is 9.84 Å². The number of alkyl halides is 12. The Hall–Kier alpha value is -1.35. The summed E-state index contributed by atoms with van der Waals surface area (Å²) in [4.78, 5) is -4.30. The minimum absolute atomic E-state index is 0.131. The van der Waals surface area contributed by atoms with Crippen LogP contribution in [0.15, 0.2) is 17.0 Å². The van der Waals surface area contributed by atoms with Gasteiger partial charge in [0.2, 0.25) is 0 Å². The maximum atomic E-state index is 14.1. The minimum atomic E-state index is -6.56. The van der Waals surface area contributed by atoms with Crippen LogP contribution >= 0.6 is 11.8 Å². The quantitative estimate of drug-likeness (QED) is 0.376. The number of thioether (sulfide) groups is 1. The molecule has 1 N–H and O–H groups in total. The molecule has 2 nitrogen and oxygen atoms in total. The lowest BCUT2D eigenvalue weighted by Gasteiger charge is -2.48. The highest BCUT2D eigenvalue weighted by molar-refractivity contribution is 8.00. The first kappa shape index (κ1) is 28.9. The van der Waals surface area contributed by atoms with Gasteiger partial charge in [-0.25, -0.2) is 0 Å². The van der Waals surface area contributed by atoms with Gasteiger partial charge in [-0.15, -0.1) is 0 Å². The molecular formula is C19H18F12O2S. The van der Waals surface area contributed by atoms with Crippen molar-refractivity contribution in [3.05, 3.63) is 28.8 Å². The molecule has 0 fully saturated rings. The van der Waals surface area contributed by atoms with Gasteiger partial charge in [0.1, 0.15) is 4.93 Å². The van der Waals surface area contributed by atoms with E-state index in [-0.39, 0.29) is 23.9 Å². The van der Waals surface area contributed by atoms with E-state index in [1.807, 2.05) is 0 Å². The van der Waals surface area contributed by atoms with Crippen LogP contribution in [0.2, 0.25) is 0 Å². The van der Waals surface area contributed by atoms with Gasteiger partial charge in [-0.05, 0) is 24.8 Å². The number of fused-ring (bicyclic) bond motifs is 1. The van der Waals surface area contributed by atoms with Crippen molar-refractivity contribution in [2.75, 3.05) is 0 Å². The average molecular weight is 538 g/mol. The highest BCUT2D eigenvalue weighted by Gasteiger charge is 2.78. The van der Waals surface area contributed by atoms with Crippen molar-refractivity contribution in [2.24, 2.45) is 0 Å². The molecule has 196 valence electrons. The predicted octanol–water partition coefficient (Wildman–Crippen LogP) is 7.47. The standard InChI is InChI=1S/C19H18F12O2S/c1-12(2,3)8-6-9(14(32,16(20,21)22)17(23,24)25)11-10(7-8)15(18(26,27)28,19(29,30)31)33-13(4,5)34-11/h6-7,32H,1-5H3. The highest BCUT2D eigenvalue weighted by atomic mass is 32.2. The van der Waals surface area contributed by atoms with Crippen molar-refractivity contribution in [2.45, 2.75) is 85.8 Å². The summed E-state index contributed by atoms with van der Waals surface area (Å²) in [5.41, 5.74) is -17.6. The van der Waals surface area contributed by atoms with Crippen molar-refractivity contribution in [1.29, 1.82) is 0 Å². The maximum Gasteiger partial charge on any atom is 0.430 e. The Balaban J connectivity index is 3.29. The second kappa shape index (κ2) is 7.58. The minimum Gasteiger partial charge on any atom is -0.369 e. The Morgan fingerprint density at radius 2 is 1.18 bits per heavy atom. The molecule has 1 aromatic rings. The fourth-order valence-corrected chi connectivity index (χ4v) is 4.73. The van der Waals surface area contributed by atoms with E-state index in [1.165, 1.54) is 0 Å². The first-order valence-corrected chi connectivity index (χ1v) is 10.0. The van der Waals surface area contributed by atoms with E-state index >= 15 is 0 Å². The van der Waals surface area contributed by atoms with E-state index in [0.29, 0.717) is 13.8 Å². The van der Waals surface area contributed by atoms with Gasteiger partial charge in [-0.3, -0.25) is 0 Å². The summed E-state index contributed by atoms with van der Waals surface area (Å²) in [6.07, 6.45) is -25.8. The number of hydrogen-bond acceptors (Lipinski definition) is 3. The largest absolute Gasteiger partial charge is 0.430 e. The Morgan fingerprint density at radius 1 is 0.765 bits per heavy atom. The number of rotatable bonds is 1. The summed E-state index contributed by atoms with van der Waals surface area (Å²) in [6.45, 7) is 4.66. The summed E-state index contributed by atoms with van der Waals surface area (Å²) in [5.74, 6) is 0. The van der Waals surface area contributed by atoms with Crippen molar-refractivity contribution in [3.63, 3.8) is 0 Å². The molecule has 0 bridgehead atoms. The number of halogens is 12. The number of benzene rings is 1. The van der Waals surface area contributed by atoms with Crippen molar-refractivity contribution in [1.82, 2.24) is 0 Å². The van der Waals surface area contributed by atoms with Gasteiger partial charge in [0.25, 0.3) is 11.2 Å². The second-order valence-corrected chi connectivity index (χ2v) is 10.7. The fourth-order valence-electron chi connectivity index (χ4n) is 3.44. The maximum absolute atomic E-state index is 14.1. The Labute approximate surface area is 189 Å². The Bertz CT molecular complexity index is 903. The molecule has 1 aromatic carbocycles. The van der Waals surface area contributed by atoms with Gasteiger partial charge in [0, 0.05) is 16.0 Å². The van der Waals surface area contributed by atoms with Crippen LogP contribution in [0.25, 0.3) is 0 Å². The number of aliphatic hydroxyl groups is 1. The average Bonchev–Trinajstić information content (AvgIpc) is 2.53. The zero-order valence-electron chi connectivity index (χ0n) is 18.0. The van der Waals surface area contributed by atoms with E-state index in [4.69, 9.17) is 0 Å². The molecule has 0 amide bonds. The molecule has 2 rings (SSSR count). The summed E-state index contributed by atoms with van der Waals surface area (Å²) < 4.78 is 171. The van der Waals surface area contributed by atoms with Crippen molar-refractivity contribution >= 4 is 11.8 Å². The fraction of sp³-hybridized carbons (Fsp3) is 0.684. The van der Waals surface area contributed by atoms with E-state index < -0.39 is 67.8 Å². The first-order valence-electron chi connectivity index (χ1n) is 9.21. The highest BCUT2D eigenvalue weighted by Crippen LogP contribution is 2.64. The van der Waals surface area contributed by atoms with E-state index in [0.717, 1.165) is 20.8 Å². The van der Waals surface area contributed by atoms with Crippen LogP contribution in [0.1, 0.15) is 51.3 Å². The van der Waals surface area contributed by atoms with Gasteiger partial charge in [0.15, 0.2) is 0 Å². The molecule has 1 heterocycles. The molecule has 0 saturated heterocycles. The smallest absolute Gasteiger partial charge is 0.369 e. The number of ether oxygens (including phenoxy) is 1. The van der Waals surface area contributed by atoms with Crippen LogP contribution in [0, 0.1) is 0 Å². The van der Waals surface area contributed by atoms with Crippen LogP contribution in [0.3, 0.4) is 0 Å². The molecule has 0 radical (unpaired) electrons. The zero-order chi connectivity index (χ0) is 27.1. The molecule has 15 heteroatoms. The first-order chi connectivity index (χ1) is 14.6. The molecule has 1 aliphatic rings. The third-order valence-electron chi connectivity index (χ3n) is 5.09. The van der Waals surface area contributed by atoms with E-state index in [1.54, 1.807) is 0 Å². The summed E-state index contributed by atoms with van der Waals surface area (Å²) in [7, 11) is 0. The summed E-state index contributed by atoms with van der Waals surface area (Å²) in [6, 6.07) is 0.348. The van der Waals surface area contributed by atoms with Crippen LogP contribution in [-0.4, -0.2) is 34.7 Å². The molecule has 34 heavy (non-hydrogen) atoms. The number of hydrogen-bond donors (Lipinski definition) is 1. The Morgan fingerprint density at radius 3 is 1.50 bits per heavy atom. The molecule has 0 aliphatic carbocycles. The monoisotopic (exact) mass is 538 g/mol. The van der Waals surface area contributed by atoms with Gasteiger partial charge in [0.05, 0.1) is 0 Å². The van der Waals surface area contributed by atoms with E-state index in [2.05, 4.69) is 4.74 Å². The lowest BCUT2D eigenvalue weighted by Crippen LogP contribution is -2.61.